The summed E-state index contributed by atoms with van der Waals surface area (Å²) in [4.78, 5) is 12.5. The minimum atomic E-state index is -3.90. The first-order valence-corrected chi connectivity index (χ1v) is 11.0. The van der Waals surface area contributed by atoms with Crippen LogP contribution in [-0.4, -0.2) is 25.5 Å². The Kier molecular flexibility index (Phi) is 5.90. The number of nitrogens with zero attached hydrogens (tertiary/aromatic N) is 1. The van der Waals surface area contributed by atoms with Crippen LogP contribution in [0.3, 0.4) is 0 Å². The lowest BCUT2D eigenvalue weighted by Crippen LogP contribution is -2.45. The molecule has 152 valence electrons. The number of carbonyl (C=O) groups is 1. The lowest BCUT2D eigenvalue weighted by Gasteiger charge is -2.21. The van der Waals surface area contributed by atoms with Crippen LogP contribution in [0, 0.1) is 13.8 Å². The summed E-state index contributed by atoms with van der Waals surface area (Å²) in [5, 5.41) is 6.56. The van der Waals surface area contributed by atoms with Gasteiger partial charge in [-0.25, -0.2) is 8.42 Å². The maximum absolute atomic E-state index is 12.6. The van der Waals surface area contributed by atoms with Gasteiger partial charge in [-0.15, -0.1) is 0 Å². The minimum Gasteiger partial charge on any atom is -0.360 e. The van der Waals surface area contributed by atoms with E-state index in [1.807, 2.05) is 13.0 Å². The highest BCUT2D eigenvalue weighted by Gasteiger charge is 2.28. The molecule has 1 aromatic heterocycles. The van der Waals surface area contributed by atoms with Gasteiger partial charge in [0.05, 0.1) is 12.1 Å². The molecule has 1 heterocycles. The van der Waals surface area contributed by atoms with Crippen molar-refractivity contribution < 1.29 is 17.7 Å². The van der Waals surface area contributed by atoms with Crippen LogP contribution in [0.25, 0.3) is 0 Å². The van der Waals surface area contributed by atoms with Crippen molar-refractivity contribution in [1.29, 1.82) is 0 Å². The fourth-order valence-electron chi connectivity index (χ4n) is 3.65. The molecule has 1 aliphatic carbocycles. The lowest BCUT2D eigenvalue weighted by molar-refractivity contribution is -0.123. The number of amides is 1. The second-order valence-corrected chi connectivity index (χ2v) is 9.11. The van der Waals surface area contributed by atoms with E-state index >= 15 is 0 Å². The van der Waals surface area contributed by atoms with Crippen molar-refractivity contribution in [3.63, 3.8) is 0 Å². The molecule has 0 aliphatic heterocycles. The van der Waals surface area contributed by atoms with Crippen molar-refractivity contribution in [2.24, 2.45) is 0 Å². The Bertz CT molecular complexity index is 962. The van der Waals surface area contributed by atoms with E-state index < -0.39 is 16.1 Å². The Morgan fingerprint density at radius 1 is 1.14 bits per heavy atom. The van der Waals surface area contributed by atoms with Gasteiger partial charge in [-0.2, -0.15) is 4.72 Å². The lowest BCUT2D eigenvalue weighted by atomic mass is 9.89. The van der Waals surface area contributed by atoms with Gasteiger partial charge >= 0.3 is 0 Å². The SMILES string of the molecule is Cc1noc(C)c1S(=O)(=O)N[C@@H](C)C(=O)N[C@@H](C)c1ccc2c(c1)CCCC2. The molecule has 3 rings (SSSR count). The molecule has 0 bridgehead atoms. The summed E-state index contributed by atoms with van der Waals surface area (Å²) in [6.07, 6.45) is 4.59. The summed E-state index contributed by atoms with van der Waals surface area (Å²) in [6.45, 7) is 6.49. The van der Waals surface area contributed by atoms with Crippen molar-refractivity contribution in [2.75, 3.05) is 0 Å². The Balaban J connectivity index is 1.67. The Hall–Kier alpha value is -2.19. The molecule has 8 heteroatoms. The number of rotatable bonds is 6. The summed E-state index contributed by atoms with van der Waals surface area (Å²) >= 11 is 0. The quantitative estimate of drug-likeness (QED) is 0.769. The molecule has 1 aromatic carbocycles. The number of hydrogen-bond acceptors (Lipinski definition) is 5. The van der Waals surface area contributed by atoms with Gasteiger partial charge in [-0.05, 0) is 70.1 Å². The van der Waals surface area contributed by atoms with Crippen molar-refractivity contribution in [3.8, 4) is 0 Å². The highest BCUT2D eigenvalue weighted by molar-refractivity contribution is 7.89. The number of carbonyl (C=O) groups excluding carboxylic acids is 1. The zero-order valence-corrected chi connectivity index (χ0v) is 17.5. The number of benzene rings is 1. The van der Waals surface area contributed by atoms with Crippen LogP contribution < -0.4 is 10.0 Å². The molecule has 0 fully saturated rings. The first-order chi connectivity index (χ1) is 13.2. The summed E-state index contributed by atoms with van der Waals surface area (Å²) in [7, 11) is -3.90. The van der Waals surface area contributed by atoms with Crippen LogP contribution in [0.15, 0.2) is 27.6 Å². The van der Waals surface area contributed by atoms with E-state index in [0.29, 0.717) is 0 Å². The Labute approximate surface area is 165 Å². The molecule has 0 radical (unpaired) electrons. The molecule has 2 aromatic rings. The Morgan fingerprint density at radius 2 is 1.82 bits per heavy atom. The normalized spacial score (nSPS) is 16.3. The predicted octanol–water partition coefficient (Wildman–Crippen LogP) is 2.71. The van der Waals surface area contributed by atoms with Gasteiger partial charge in [0, 0.05) is 0 Å². The number of hydrogen-bond donors (Lipinski definition) is 2. The molecule has 7 nitrogen and oxygen atoms in total. The highest BCUT2D eigenvalue weighted by Crippen LogP contribution is 2.25. The third kappa shape index (κ3) is 4.28. The molecule has 0 unspecified atom stereocenters. The second-order valence-electron chi connectivity index (χ2n) is 7.46. The summed E-state index contributed by atoms with van der Waals surface area (Å²) in [6, 6.07) is 5.17. The van der Waals surface area contributed by atoms with Gasteiger partial charge in [0.15, 0.2) is 5.76 Å². The van der Waals surface area contributed by atoms with Gasteiger partial charge < -0.3 is 9.84 Å². The monoisotopic (exact) mass is 405 g/mol. The summed E-state index contributed by atoms with van der Waals surface area (Å²) in [5.74, 6) is -0.194. The van der Waals surface area contributed by atoms with E-state index in [2.05, 4.69) is 27.3 Å². The van der Waals surface area contributed by atoms with Gasteiger partial charge in [0.1, 0.15) is 10.6 Å². The van der Waals surface area contributed by atoms with Crippen LogP contribution in [0.1, 0.15) is 60.9 Å². The molecule has 1 aliphatic rings. The number of fused-ring (bicyclic) bond motifs is 1. The molecule has 0 spiro atoms. The standard InChI is InChI=1S/C20H27N3O4S/c1-12(17-10-9-16-7-5-6-8-18(16)11-17)21-20(24)14(3)23-28(25,26)19-13(2)22-27-15(19)4/h9-12,14,23H,5-8H2,1-4H3,(H,21,24)/t12-,14-/m0/s1. The molecule has 28 heavy (non-hydrogen) atoms. The van der Waals surface area contributed by atoms with E-state index in [4.69, 9.17) is 4.52 Å². The van der Waals surface area contributed by atoms with E-state index in [1.165, 1.54) is 37.8 Å². The third-order valence-electron chi connectivity index (χ3n) is 5.19. The van der Waals surface area contributed by atoms with E-state index in [1.54, 1.807) is 6.92 Å². The molecular weight excluding hydrogens is 378 g/mol. The number of aromatic nitrogens is 1. The second kappa shape index (κ2) is 8.05. The van der Waals surface area contributed by atoms with E-state index in [-0.39, 0.29) is 28.3 Å². The van der Waals surface area contributed by atoms with Crippen LogP contribution in [0.2, 0.25) is 0 Å². The molecule has 1 amide bonds. The van der Waals surface area contributed by atoms with Crippen LogP contribution >= 0.6 is 0 Å². The van der Waals surface area contributed by atoms with Gasteiger partial charge in [-0.1, -0.05) is 23.4 Å². The average Bonchev–Trinajstić information content (AvgIpc) is 3.00. The zero-order chi connectivity index (χ0) is 20.5. The first-order valence-electron chi connectivity index (χ1n) is 9.56. The minimum absolute atomic E-state index is 0.0186. The average molecular weight is 406 g/mol. The van der Waals surface area contributed by atoms with Crippen molar-refractivity contribution >= 4 is 15.9 Å². The molecule has 0 saturated carbocycles. The largest absolute Gasteiger partial charge is 0.360 e. The predicted molar refractivity (Wildman–Crippen MR) is 105 cm³/mol. The van der Waals surface area contributed by atoms with Crippen molar-refractivity contribution in [2.45, 2.75) is 70.4 Å². The maximum atomic E-state index is 12.6. The smallest absolute Gasteiger partial charge is 0.246 e. The van der Waals surface area contributed by atoms with E-state index in [9.17, 15) is 13.2 Å². The van der Waals surface area contributed by atoms with Gasteiger partial charge in [0.2, 0.25) is 15.9 Å². The maximum Gasteiger partial charge on any atom is 0.246 e. The highest BCUT2D eigenvalue weighted by atomic mass is 32.2. The molecule has 2 N–H and O–H groups in total. The van der Waals surface area contributed by atoms with Crippen LogP contribution in [0.4, 0.5) is 0 Å². The van der Waals surface area contributed by atoms with Crippen LogP contribution in [-0.2, 0) is 27.7 Å². The summed E-state index contributed by atoms with van der Waals surface area (Å²) in [5.41, 5.74) is 4.01. The van der Waals surface area contributed by atoms with Crippen molar-refractivity contribution in [1.82, 2.24) is 15.2 Å². The number of aryl methyl sites for hydroxylation is 4. The fraction of sp³-hybridized carbons (Fsp3) is 0.500. The van der Waals surface area contributed by atoms with E-state index in [0.717, 1.165) is 18.4 Å². The van der Waals surface area contributed by atoms with Gasteiger partial charge in [-0.3, -0.25) is 4.79 Å². The third-order valence-corrected chi connectivity index (χ3v) is 6.98. The Morgan fingerprint density at radius 3 is 2.46 bits per heavy atom. The topological polar surface area (TPSA) is 101 Å². The zero-order valence-electron chi connectivity index (χ0n) is 16.7. The van der Waals surface area contributed by atoms with Crippen molar-refractivity contribution in [3.05, 3.63) is 46.3 Å². The molecular formula is C20H27N3O4S. The summed E-state index contributed by atoms with van der Waals surface area (Å²) < 4.78 is 32.5. The number of nitrogens with one attached hydrogen (secondary N) is 2. The van der Waals surface area contributed by atoms with Gasteiger partial charge in [0.25, 0.3) is 0 Å². The molecule has 0 saturated heterocycles. The molecule has 2 atom stereocenters. The number of sulfonamides is 1. The first kappa shape index (κ1) is 20.5. The fourth-order valence-corrected chi connectivity index (χ4v) is 5.18. The van der Waals surface area contributed by atoms with Crippen LogP contribution in [0.5, 0.6) is 0 Å².